The number of pyridine rings is 1. The average Bonchev–Trinajstić information content (AvgIpc) is 3.32. The SMILES string of the molecule is CN=C(NCc1ccccn1)NC1CC1c1ccccc1C. The summed E-state index contributed by atoms with van der Waals surface area (Å²) in [6, 6.07) is 15.0. The summed E-state index contributed by atoms with van der Waals surface area (Å²) in [4.78, 5) is 8.61. The van der Waals surface area contributed by atoms with E-state index in [0.29, 0.717) is 18.5 Å². The van der Waals surface area contributed by atoms with E-state index in [1.165, 1.54) is 11.1 Å². The molecule has 2 aromatic rings. The van der Waals surface area contributed by atoms with Gasteiger partial charge in [0.25, 0.3) is 0 Å². The van der Waals surface area contributed by atoms with E-state index in [2.05, 4.69) is 51.8 Å². The Hall–Kier alpha value is -2.36. The van der Waals surface area contributed by atoms with E-state index in [1.807, 2.05) is 24.4 Å². The molecule has 0 spiro atoms. The number of hydrogen-bond acceptors (Lipinski definition) is 2. The third kappa shape index (κ3) is 3.45. The molecule has 114 valence electrons. The van der Waals surface area contributed by atoms with E-state index in [9.17, 15) is 0 Å². The van der Waals surface area contributed by atoms with E-state index >= 15 is 0 Å². The Morgan fingerprint density at radius 1 is 1.23 bits per heavy atom. The molecule has 1 aromatic carbocycles. The maximum absolute atomic E-state index is 4.31. The molecule has 1 heterocycles. The molecule has 2 atom stereocenters. The number of nitrogens with one attached hydrogen (secondary N) is 2. The van der Waals surface area contributed by atoms with E-state index in [1.54, 1.807) is 7.05 Å². The highest BCUT2D eigenvalue weighted by atomic mass is 15.2. The second kappa shape index (κ2) is 6.60. The average molecular weight is 294 g/mol. The Bertz CT molecular complexity index is 651. The van der Waals surface area contributed by atoms with Gasteiger partial charge in [0.2, 0.25) is 0 Å². The molecular formula is C18H22N4. The van der Waals surface area contributed by atoms with Crippen molar-refractivity contribution >= 4 is 5.96 Å². The van der Waals surface area contributed by atoms with Crippen LogP contribution in [0, 0.1) is 6.92 Å². The first-order valence-electron chi connectivity index (χ1n) is 7.70. The van der Waals surface area contributed by atoms with Crippen LogP contribution in [-0.2, 0) is 6.54 Å². The zero-order chi connectivity index (χ0) is 15.4. The second-order valence-corrected chi connectivity index (χ2v) is 5.70. The summed E-state index contributed by atoms with van der Waals surface area (Å²) in [6.45, 7) is 2.86. The van der Waals surface area contributed by atoms with Crippen LogP contribution >= 0.6 is 0 Å². The summed E-state index contributed by atoms with van der Waals surface area (Å²) in [7, 11) is 1.80. The molecule has 1 saturated carbocycles. The highest BCUT2D eigenvalue weighted by Crippen LogP contribution is 2.41. The van der Waals surface area contributed by atoms with Gasteiger partial charge in [0, 0.05) is 25.2 Å². The van der Waals surface area contributed by atoms with Crippen LogP contribution in [0.3, 0.4) is 0 Å². The predicted molar refractivity (Wildman–Crippen MR) is 89.9 cm³/mol. The Balaban J connectivity index is 1.54. The fourth-order valence-electron chi connectivity index (χ4n) is 2.75. The molecule has 4 heteroatoms. The minimum absolute atomic E-state index is 0.469. The number of guanidine groups is 1. The zero-order valence-corrected chi connectivity index (χ0v) is 13.1. The molecule has 1 aromatic heterocycles. The van der Waals surface area contributed by atoms with E-state index < -0.39 is 0 Å². The van der Waals surface area contributed by atoms with Crippen molar-refractivity contribution in [2.45, 2.75) is 31.8 Å². The Labute approximate surface area is 131 Å². The zero-order valence-electron chi connectivity index (χ0n) is 13.1. The van der Waals surface area contributed by atoms with Crippen molar-refractivity contribution in [1.82, 2.24) is 15.6 Å². The molecule has 2 unspecified atom stereocenters. The summed E-state index contributed by atoms with van der Waals surface area (Å²) in [5, 5.41) is 6.82. The lowest BCUT2D eigenvalue weighted by Crippen LogP contribution is -2.38. The maximum atomic E-state index is 4.31. The molecule has 3 rings (SSSR count). The molecule has 1 aliphatic rings. The molecule has 0 saturated heterocycles. The maximum Gasteiger partial charge on any atom is 0.191 e. The quantitative estimate of drug-likeness (QED) is 0.673. The van der Waals surface area contributed by atoms with Crippen LogP contribution in [0.1, 0.15) is 29.2 Å². The fourth-order valence-corrected chi connectivity index (χ4v) is 2.75. The molecule has 22 heavy (non-hydrogen) atoms. The van der Waals surface area contributed by atoms with Crippen LogP contribution in [0.5, 0.6) is 0 Å². The lowest BCUT2D eigenvalue weighted by atomic mass is 10.0. The summed E-state index contributed by atoms with van der Waals surface area (Å²) in [6.07, 6.45) is 2.97. The Morgan fingerprint density at radius 3 is 2.77 bits per heavy atom. The van der Waals surface area contributed by atoms with Crippen LogP contribution in [0.25, 0.3) is 0 Å². The molecule has 0 radical (unpaired) electrons. The van der Waals surface area contributed by atoms with Gasteiger partial charge in [-0.1, -0.05) is 30.3 Å². The summed E-state index contributed by atoms with van der Waals surface area (Å²) >= 11 is 0. The van der Waals surface area contributed by atoms with Crippen molar-refractivity contribution < 1.29 is 0 Å². The standard InChI is InChI=1S/C18H22N4/c1-13-7-3-4-9-15(13)16-11-17(16)22-18(19-2)21-12-14-8-5-6-10-20-14/h3-10,16-17H,11-12H2,1-2H3,(H2,19,21,22). The van der Waals surface area contributed by atoms with Gasteiger partial charge in [-0.2, -0.15) is 0 Å². The molecule has 1 aliphatic carbocycles. The first kappa shape index (κ1) is 14.6. The van der Waals surface area contributed by atoms with E-state index in [4.69, 9.17) is 0 Å². The Kier molecular flexibility index (Phi) is 4.37. The molecule has 2 N–H and O–H groups in total. The van der Waals surface area contributed by atoms with Crippen molar-refractivity contribution in [1.29, 1.82) is 0 Å². The minimum atomic E-state index is 0.469. The third-order valence-electron chi connectivity index (χ3n) is 4.09. The van der Waals surface area contributed by atoms with Crippen molar-refractivity contribution in [3.8, 4) is 0 Å². The van der Waals surface area contributed by atoms with Gasteiger partial charge in [-0.3, -0.25) is 9.98 Å². The number of hydrogen-bond donors (Lipinski definition) is 2. The van der Waals surface area contributed by atoms with Crippen molar-refractivity contribution in [3.63, 3.8) is 0 Å². The van der Waals surface area contributed by atoms with Gasteiger partial charge in [0.15, 0.2) is 5.96 Å². The molecule has 4 nitrogen and oxygen atoms in total. The van der Waals surface area contributed by atoms with Gasteiger partial charge in [-0.25, -0.2) is 0 Å². The van der Waals surface area contributed by atoms with Crippen molar-refractivity contribution in [2.75, 3.05) is 7.05 Å². The number of aromatic nitrogens is 1. The van der Waals surface area contributed by atoms with Crippen LogP contribution < -0.4 is 10.6 Å². The number of benzene rings is 1. The smallest absolute Gasteiger partial charge is 0.191 e. The fraction of sp³-hybridized carbons (Fsp3) is 0.333. The van der Waals surface area contributed by atoms with Gasteiger partial charge in [0.05, 0.1) is 12.2 Å². The third-order valence-corrected chi connectivity index (χ3v) is 4.09. The highest BCUT2D eigenvalue weighted by molar-refractivity contribution is 5.80. The monoisotopic (exact) mass is 294 g/mol. The van der Waals surface area contributed by atoms with Crippen LogP contribution in [0.2, 0.25) is 0 Å². The van der Waals surface area contributed by atoms with E-state index in [0.717, 1.165) is 18.1 Å². The first-order chi connectivity index (χ1) is 10.8. The molecular weight excluding hydrogens is 272 g/mol. The minimum Gasteiger partial charge on any atom is -0.353 e. The number of aryl methyl sites for hydroxylation is 1. The summed E-state index contributed by atoms with van der Waals surface area (Å²) in [5.74, 6) is 1.43. The van der Waals surface area contributed by atoms with Gasteiger partial charge in [0.1, 0.15) is 0 Å². The van der Waals surface area contributed by atoms with Gasteiger partial charge in [-0.15, -0.1) is 0 Å². The lowest BCUT2D eigenvalue weighted by Gasteiger charge is -2.12. The van der Waals surface area contributed by atoms with Gasteiger partial charge >= 0.3 is 0 Å². The van der Waals surface area contributed by atoms with Gasteiger partial charge in [-0.05, 0) is 36.6 Å². The first-order valence-corrected chi connectivity index (χ1v) is 7.70. The topological polar surface area (TPSA) is 49.3 Å². The molecule has 0 aliphatic heterocycles. The number of rotatable bonds is 4. The largest absolute Gasteiger partial charge is 0.353 e. The summed E-state index contributed by atoms with van der Waals surface area (Å²) < 4.78 is 0. The van der Waals surface area contributed by atoms with Crippen LogP contribution in [0.15, 0.2) is 53.7 Å². The molecule has 0 bridgehead atoms. The van der Waals surface area contributed by atoms with E-state index in [-0.39, 0.29) is 0 Å². The molecule has 1 fully saturated rings. The van der Waals surface area contributed by atoms with Crippen LogP contribution in [0.4, 0.5) is 0 Å². The van der Waals surface area contributed by atoms with Crippen LogP contribution in [-0.4, -0.2) is 24.0 Å². The van der Waals surface area contributed by atoms with Gasteiger partial charge < -0.3 is 10.6 Å². The lowest BCUT2D eigenvalue weighted by molar-refractivity contribution is 0.778. The second-order valence-electron chi connectivity index (χ2n) is 5.70. The van der Waals surface area contributed by atoms with Crippen molar-refractivity contribution in [3.05, 3.63) is 65.5 Å². The molecule has 0 amide bonds. The summed E-state index contributed by atoms with van der Waals surface area (Å²) in [5.41, 5.74) is 3.82. The Morgan fingerprint density at radius 2 is 2.05 bits per heavy atom. The normalized spacial score (nSPS) is 20.5. The highest BCUT2D eigenvalue weighted by Gasteiger charge is 2.39. The number of aliphatic imine (C=N–C) groups is 1. The number of nitrogens with zero attached hydrogens (tertiary/aromatic N) is 2. The predicted octanol–water partition coefficient (Wildman–Crippen LogP) is 2.61. The van der Waals surface area contributed by atoms with Crippen molar-refractivity contribution in [2.24, 2.45) is 4.99 Å².